The molecule has 0 amide bonds. The Kier molecular flexibility index (Phi) is 3.80. The average molecular weight is 233 g/mol. The third kappa shape index (κ3) is 3.13. The van der Waals surface area contributed by atoms with Gasteiger partial charge in [0.25, 0.3) is 0 Å². The van der Waals surface area contributed by atoms with Gasteiger partial charge in [-0.15, -0.1) is 0 Å². The summed E-state index contributed by atoms with van der Waals surface area (Å²) in [5.74, 6) is 0.195. The monoisotopic (exact) mass is 233 g/mol. The number of ether oxygens (including phenoxy) is 1. The van der Waals surface area contributed by atoms with Crippen molar-refractivity contribution in [3.63, 3.8) is 0 Å². The quantitative estimate of drug-likeness (QED) is 0.870. The maximum absolute atomic E-state index is 12.7. The Morgan fingerprint density at radius 2 is 2.00 bits per heavy atom. The summed E-state index contributed by atoms with van der Waals surface area (Å²) in [6, 6.07) is 3.60. The number of nitrogens with two attached hydrogens (primary N) is 1. The summed E-state index contributed by atoms with van der Waals surface area (Å²) in [5, 5.41) is 0. The molecule has 0 saturated carbocycles. The molecule has 2 N–H and O–H groups in total. The van der Waals surface area contributed by atoms with Gasteiger partial charge in [0.1, 0.15) is 5.75 Å². The van der Waals surface area contributed by atoms with Gasteiger partial charge in [-0.05, 0) is 31.0 Å². The fourth-order valence-electron chi connectivity index (χ4n) is 1.47. The molecular formula is C11H14F3NO. The second-order valence-corrected chi connectivity index (χ2v) is 3.70. The van der Waals surface area contributed by atoms with Crippen LogP contribution in [0.15, 0.2) is 18.2 Å². The number of alkyl halides is 3. The first-order chi connectivity index (χ1) is 7.34. The largest absolute Gasteiger partial charge is 0.497 e. The highest BCUT2D eigenvalue weighted by molar-refractivity contribution is 5.38. The molecule has 1 aromatic rings. The van der Waals surface area contributed by atoms with E-state index in [-0.39, 0.29) is 23.8 Å². The summed E-state index contributed by atoms with van der Waals surface area (Å²) >= 11 is 0. The number of hydrogen-bond acceptors (Lipinski definition) is 2. The van der Waals surface area contributed by atoms with E-state index in [2.05, 4.69) is 0 Å². The Hall–Kier alpha value is -1.23. The summed E-state index contributed by atoms with van der Waals surface area (Å²) in [5.41, 5.74) is 5.03. The van der Waals surface area contributed by atoms with Gasteiger partial charge in [0.05, 0.1) is 12.7 Å². The minimum absolute atomic E-state index is 0.193. The molecule has 5 heteroatoms. The smallest absolute Gasteiger partial charge is 0.416 e. The third-order valence-electron chi connectivity index (χ3n) is 2.16. The highest BCUT2D eigenvalue weighted by Crippen LogP contribution is 2.34. The van der Waals surface area contributed by atoms with Gasteiger partial charge in [-0.25, -0.2) is 0 Å². The van der Waals surface area contributed by atoms with E-state index in [9.17, 15) is 13.2 Å². The van der Waals surface area contributed by atoms with Crippen molar-refractivity contribution in [3.8, 4) is 5.75 Å². The van der Waals surface area contributed by atoms with Gasteiger partial charge in [-0.3, -0.25) is 0 Å². The minimum Gasteiger partial charge on any atom is -0.497 e. The zero-order chi connectivity index (χ0) is 12.3. The maximum Gasteiger partial charge on any atom is 0.416 e. The van der Waals surface area contributed by atoms with E-state index in [1.807, 2.05) is 0 Å². The van der Waals surface area contributed by atoms with Crippen molar-refractivity contribution in [1.82, 2.24) is 0 Å². The van der Waals surface area contributed by atoms with Crippen molar-refractivity contribution in [2.75, 3.05) is 7.11 Å². The summed E-state index contributed by atoms with van der Waals surface area (Å²) < 4.78 is 42.9. The van der Waals surface area contributed by atoms with Crippen LogP contribution >= 0.6 is 0 Å². The molecule has 0 aliphatic heterocycles. The van der Waals surface area contributed by atoms with Gasteiger partial charge < -0.3 is 10.5 Å². The molecule has 0 fully saturated rings. The zero-order valence-electron chi connectivity index (χ0n) is 9.14. The van der Waals surface area contributed by atoms with Crippen LogP contribution in [-0.2, 0) is 12.6 Å². The number of benzene rings is 1. The minimum atomic E-state index is -4.38. The van der Waals surface area contributed by atoms with Crippen molar-refractivity contribution in [2.45, 2.75) is 25.6 Å². The summed E-state index contributed by atoms with van der Waals surface area (Å²) in [4.78, 5) is 0. The Morgan fingerprint density at radius 1 is 1.38 bits per heavy atom. The summed E-state index contributed by atoms with van der Waals surface area (Å²) in [7, 11) is 1.33. The number of rotatable bonds is 3. The van der Waals surface area contributed by atoms with Crippen LogP contribution in [0.4, 0.5) is 13.2 Å². The molecule has 16 heavy (non-hydrogen) atoms. The van der Waals surface area contributed by atoms with Gasteiger partial charge in [-0.2, -0.15) is 13.2 Å². The van der Waals surface area contributed by atoms with Crippen LogP contribution in [0.25, 0.3) is 0 Å². The van der Waals surface area contributed by atoms with Crippen molar-refractivity contribution < 1.29 is 17.9 Å². The van der Waals surface area contributed by atoms with Crippen LogP contribution in [0.3, 0.4) is 0 Å². The molecule has 0 aliphatic carbocycles. The number of halogens is 3. The standard InChI is InChI=1S/C11H14F3NO/c1-7(15)5-8-3-4-9(16-2)6-10(8)11(12,13)14/h3-4,6-7H,5,15H2,1-2H3. The van der Waals surface area contributed by atoms with Crippen LogP contribution in [0.5, 0.6) is 5.75 Å². The van der Waals surface area contributed by atoms with Crippen LogP contribution in [0, 0.1) is 0 Å². The normalized spacial score (nSPS) is 13.6. The number of methoxy groups -OCH3 is 1. The second kappa shape index (κ2) is 4.74. The molecule has 0 aliphatic rings. The van der Waals surface area contributed by atoms with Crippen LogP contribution in [-0.4, -0.2) is 13.2 Å². The Morgan fingerprint density at radius 3 is 2.44 bits per heavy atom. The maximum atomic E-state index is 12.7. The van der Waals surface area contributed by atoms with Gasteiger partial charge in [0, 0.05) is 6.04 Å². The van der Waals surface area contributed by atoms with Crippen molar-refractivity contribution in [3.05, 3.63) is 29.3 Å². The summed E-state index contributed by atoms with van der Waals surface area (Å²) in [6.45, 7) is 1.67. The molecular weight excluding hydrogens is 219 g/mol. The lowest BCUT2D eigenvalue weighted by Crippen LogP contribution is -2.20. The second-order valence-electron chi connectivity index (χ2n) is 3.70. The molecule has 2 nitrogen and oxygen atoms in total. The topological polar surface area (TPSA) is 35.2 Å². The molecule has 0 saturated heterocycles. The molecule has 1 atom stereocenters. The van der Waals surface area contributed by atoms with E-state index in [4.69, 9.17) is 10.5 Å². The zero-order valence-corrected chi connectivity index (χ0v) is 9.14. The molecule has 0 spiro atoms. The van der Waals surface area contributed by atoms with E-state index in [1.54, 1.807) is 6.92 Å². The predicted octanol–water partition coefficient (Wildman–Crippen LogP) is 2.60. The lowest BCUT2D eigenvalue weighted by atomic mass is 10.0. The van der Waals surface area contributed by atoms with Crippen molar-refractivity contribution in [1.29, 1.82) is 0 Å². The molecule has 0 aromatic heterocycles. The molecule has 1 unspecified atom stereocenters. The molecule has 0 heterocycles. The van der Waals surface area contributed by atoms with Crippen LogP contribution in [0.2, 0.25) is 0 Å². The number of hydrogen-bond donors (Lipinski definition) is 1. The lowest BCUT2D eigenvalue weighted by Gasteiger charge is -2.15. The average Bonchev–Trinajstić information content (AvgIpc) is 2.15. The molecule has 1 rings (SSSR count). The Balaban J connectivity index is 3.17. The molecule has 0 bridgehead atoms. The molecule has 0 radical (unpaired) electrons. The molecule has 1 aromatic carbocycles. The fourth-order valence-corrected chi connectivity index (χ4v) is 1.47. The van der Waals surface area contributed by atoms with E-state index in [0.717, 1.165) is 6.07 Å². The summed E-state index contributed by atoms with van der Waals surface area (Å²) in [6.07, 6.45) is -4.18. The van der Waals surface area contributed by atoms with Crippen molar-refractivity contribution in [2.24, 2.45) is 5.73 Å². The van der Waals surface area contributed by atoms with E-state index < -0.39 is 11.7 Å². The van der Waals surface area contributed by atoms with E-state index in [0.29, 0.717) is 0 Å². The predicted molar refractivity (Wildman–Crippen MR) is 55.3 cm³/mol. The van der Waals surface area contributed by atoms with Gasteiger partial charge in [0.2, 0.25) is 0 Å². The third-order valence-corrected chi connectivity index (χ3v) is 2.16. The van der Waals surface area contributed by atoms with E-state index >= 15 is 0 Å². The van der Waals surface area contributed by atoms with E-state index in [1.165, 1.54) is 19.2 Å². The van der Waals surface area contributed by atoms with Crippen LogP contribution in [0.1, 0.15) is 18.1 Å². The van der Waals surface area contributed by atoms with Crippen molar-refractivity contribution >= 4 is 0 Å². The van der Waals surface area contributed by atoms with Gasteiger partial charge in [-0.1, -0.05) is 6.07 Å². The SMILES string of the molecule is COc1ccc(CC(C)N)c(C(F)(F)F)c1. The first-order valence-corrected chi connectivity index (χ1v) is 4.84. The first-order valence-electron chi connectivity index (χ1n) is 4.84. The first kappa shape index (κ1) is 12.8. The Bertz CT molecular complexity index is 361. The Labute approximate surface area is 92.2 Å². The fraction of sp³-hybridized carbons (Fsp3) is 0.455. The lowest BCUT2D eigenvalue weighted by molar-refractivity contribution is -0.138. The van der Waals surface area contributed by atoms with Gasteiger partial charge in [0.15, 0.2) is 0 Å². The highest BCUT2D eigenvalue weighted by atomic mass is 19.4. The van der Waals surface area contributed by atoms with Crippen LogP contribution < -0.4 is 10.5 Å². The van der Waals surface area contributed by atoms with Gasteiger partial charge >= 0.3 is 6.18 Å². The molecule has 90 valence electrons. The highest BCUT2D eigenvalue weighted by Gasteiger charge is 2.33.